The molecule has 0 saturated carbocycles. The molecule has 0 fully saturated rings. The van der Waals surface area contributed by atoms with Crippen LogP contribution in [0.2, 0.25) is 0 Å². The molecule has 1 aromatic rings. The van der Waals surface area contributed by atoms with Crippen LogP contribution in [0.5, 0.6) is 5.75 Å². The summed E-state index contributed by atoms with van der Waals surface area (Å²) in [6.07, 6.45) is 1.15. The van der Waals surface area contributed by atoms with E-state index in [2.05, 4.69) is 32.7 Å². The minimum atomic E-state index is 0.167. The van der Waals surface area contributed by atoms with Crippen LogP contribution in [-0.4, -0.2) is 17.7 Å². The molecule has 2 rings (SSSR count). The van der Waals surface area contributed by atoms with E-state index in [1.807, 2.05) is 12.1 Å². The zero-order chi connectivity index (χ0) is 11.2. The summed E-state index contributed by atoms with van der Waals surface area (Å²) < 4.78 is 0. The average molecular weight is 205 g/mol. The van der Waals surface area contributed by atoms with Gasteiger partial charge in [-0.15, -0.1) is 0 Å². The van der Waals surface area contributed by atoms with Crippen LogP contribution in [0.1, 0.15) is 38.7 Å². The molecule has 0 aromatic heterocycles. The topological polar surface area (TPSA) is 23.5 Å². The number of hydrogen-bond donors (Lipinski definition) is 1. The molecule has 1 aliphatic rings. The Hall–Kier alpha value is -1.18. The third-order valence-corrected chi connectivity index (χ3v) is 3.62. The van der Waals surface area contributed by atoms with Gasteiger partial charge in [-0.3, -0.25) is 0 Å². The molecule has 1 aliphatic heterocycles. The largest absolute Gasteiger partial charge is 0.508 e. The Kier molecular flexibility index (Phi) is 2.18. The molecular formula is C13H19NO. The van der Waals surface area contributed by atoms with Crippen LogP contribution in [0.3, 0.4) is 0 Å². The van der Waals surface area contributed by atoms with Gasteiger partial charge in [0.25, 0.3) is 0 Å². The van der Waals surface area contributed by atoms with Crippen molar-refractivity contribution in [3.8, 4) is 5.75 Å². The van der Waals surface area contributed by atoms with E-state index >= 15 is 0 Å². The number of benzene rings is 1. The van der Waals surface area contributed by atoms with Crippen LogP contribution in [0.15, 0.2) is 18.2 Å². The van der Waals surface area contributed by atoms with E-state index < -0.39 is 0 Å². The highest BCUT2D eigenvalue weighted by Gasteiger charge is 2.33. The molecular weight excluding hydrogens is 186 g/mol. The summed E-state index contributed by atoms with van der Waals surface area (Å²) >= 11 is 0. The van der Waals surface area contributed by atoms with E-state index in [4.69, 9.17) is 0 Å². The summed E-state index contributed by atoms with van der Waals surface area (Å²) in [5, 5.41) is 9.54. The highest BCUT2D eigenvalue weighted by Crippen LogP contribution is 2.43. The fourth-order valence-electron chi connectivity index (χ4n) is 2.56. The average Bonchev–Trinajstić information content (AvgIpc) is 2.13. The van der Waals surface area contributed by atoms with Crippen LogP contribution in [-0.2, 0) is 0 Å². The first-order valence-corrected chi connectivity index (χ1v) is 5.48. The quantitative estimate of drug-likeness (QED) is 0.703. The van der Waals surface area contributed by atoms with Gasteiger partial charge in [0, 0.05) is 24.3 Å². The van der Waals surface area contributed by atoms with E-state index in [1.165, 1.54) is 11.3 Å². The van der Waals surface area contributed by atoms with Gasteiger partial charge in [-0.2, -0.15) is 0 Å². The van der Waals surface area contributed by atoms with Gasteiger partial charge in [0.2, 0.25) is 0 Å². The zero-order valence-electron chi connectivity index (χ0n) is 9.91. The molecule has 0 amide bonds. The standard InChI is InChI=1S/C13H19NO/c1-9-8-13(2,3)14(4)12-7-10(15)5-6-11(9)12/h5-7,9,15H,8H2,1-4H3. The van der Waals surface area contributed by atoms with Crippen LogP contribution in [0, 0.1) is 0 Å². The first-order chi connectivity index (χ1) is 6.92. The summed E-state index contributed by atoms with van der Waals surface area (Å²) in [7, 11) is 2.10. The van der Waals surface area contributed by atoms with Crippen LogP contribution < -0.4 is 4.90 Å². The van der Waals surface area contributed by atoms with E-state index in [-0.39, 0.29) is 5.54 Å². The van der Waals surface area contributed by atoms with Gasteiger partial charge in [-0.25, -0.2) is 0 Å². The Balaban J connectivity index is 2.55. The number of phenolic OH excluding ortho intramolecular Hbond substituents is 1. The molecule has 0 aliphatic carbocycles. The number of anilines is 1. The van der Waals surface area contributed by atoms with E-state index in [9.17, 15) is 5.11 Å². The third kappa shape index (κ3) is 1.58. The molecule has 82 valence electrons. The first kappa shape index (κ1) is 10.3. The molecule has 1 aromatic carbocycles. The fourth-order valence-corrected chi connectivity index (χ4v) is 2.56. The monoisotopic (exact) mass is 205 g/mol. The molecule has 1 unspecified atom stereocenters. The Morgan fingerprint density at radius 2 is 2.07 bits per heavy atom. The molecule has 0 bridgehead atoms. The van der Waals surface area contributed by atoms with Crippen molar-refractivity contribution in [3.63, 3.8) is 0 Å². The number of hydrogen-bond acceptors (Lipinski definition) is 2. The third-order valence-electron chi connectivity index (χ3n) is 3.62. The second kappa shape index (κ2) is 3.16. The second-order valence-corrected chi connectivity index (χ2v) is 5.22. The van der Waals surface area contributed by atoms with Crippen molar-refractivity contribution in [1.82, 2.24) is 0 Å². The van der Waals surface area contributed by atoms with E-state index in [0.717, 1.165) is 6.42 Å². The maximum Gasteiger partial charge on any atom is 0.117 e. The maximum absolute atomic E-state index is 9.54. The van der Waals surface area contributed by atoms with Gasteiger partial charge in [0.1, 0.15) is 5.75 Å². The molecule has 0 saturated heterocycles. The smallest absolute Gasteiger partial charge is 0.117 e. The van der Waals surface area contributed by atoms with Crippen molar-refractivity contribution in [1.29, 1.82) is 0 Å². The van der Waals surface area contributed by atoms with Crippen LogP contribution in [0.25, 0.3) is 0 Å². The molecule has 15 heavy (non-hydrogen) atoms. The summed E-state index contributed by atoms with van der Waals surface area (Å²) in [6.45, 7) is 6.75. The summed E-state index contributed by atoms with van der Waals surface area (Å²) in [5.74, 6) is 0.914. The van der Waals surface area contributed by atoms with Gasteiger partial charge in [-0.05, 0) is 37.8 Å². The summed E-state index contributed by atoms with van der Waals surface area (Å²) in [4.78, 5) is 2.27. The second-order valence-electron chi connectivity index (χ2n) is 5.22. The number of aromatic hydroxyl groups is 1. The Morgan fingerprint density at radius 3 is 2.73 bits per heavy atom. The highest BCUT2D eigenvalue weighted by molar-refractivity contribution is 5.61. The lowest BCUT2D eigenvalue weighted by Gasteiger charge is -2.45. The summed E-state index contributed by atoms with van der Waals surface area (Å²) in [5.41, 5.74) is 2.67. The minimum Gasteiger partial charge on any atom is -0.508 e. The predicted octanol–water partition coefficient (Wildman–Crippen LogP) is 3.11. The van der Waals surface area contributed by atoms with Crippen molar-refractivity contribution in [3.05, 3.63) is 23.8 Å². The van der Waals surface area contributed by atoms with Crippen molar-refractivity contribution in [2.24, 2.45) is 0 Å². The predicted molar refractivity (Wildman–Crippen MR) is 63.6 cm³/mol. The van der Waals surface area contributed by atoms with Gasteiger partial charge in [0.15, 0.2) is 0 Å². The molecule has 2 nitrogen and oxygen atoms in total. The molecule has 1 heterocycles. The van der Waals surface area contributed by atoms with Crippen molar-refractivity contribution in [2.45, 2.75) is 38.6 Å². The van der Waals surface area contributed by atoms with Crippen LogP contribution >= 0.6 is 0 Å². The minimum absolute atomic E-state index is 0.167. The molecule has 2 heteroatoms. The SMILES string of the molecule is CC1CC(C)(C)N(C)c2cc(O)ccc21. The molecule has 1 N–H and O–H groups in total. The van der Waals surface area contributed by atoms with Gasteiger partial charge >= 0.3 is 0 Å². The van der Waals surface area contributed by atoms with E-state index in [0.29, 0.717) is 11.7 Å². The van der Waals surface area contributed by atoms with Gasteiger partial charge in [-0.1, -0.05) is 13.0 Å². The lowest BCUT2D eigenvalue weighted by molar-refractivity contribution is 0.393. The van der Waals surface area contributed by atoms with Crippen molar-refractivity contribution < 1.29 is 5.11 Å². The highest BCUT2D eigenvalue weighted by atomic mass is 16.3. The molecule has 0 radical (unpaired) electrons. The molecule has 0 spiro atoms. The normalized spacial score (nSPS) is 23.7. The Bertz CT molecular complexity index is 384. The number of nitrogens with zero attached hydrogens (tertiary/aromatic N) is 1. The lowest BCUT2D eigenvalue weighted by Crippen LogP contribution is -2.45. The first-order valence-electron chi connectivity index (χ1n) is 5.48. The Labute approximate surface area is 91.5 Å². The fraction of sp³-hybridized carbons (Fsp3) is 0.538. The Morgan fingerprint density at radius 1 is 1.40 bits per heavy atom. The zero-order valence-corrected chi connectivity index (χ0v) is 9.91. The van der Waals surface area contributed by atoms with Gasteiger partial charge in [0.05, 0.1) is 0 Å². The summed E-state index contributed by atoms with van der Waals surface area (Å²) in [6, 6.07) is 5.69. The van der Waals surface area contributed by atoms with Crippen LogP contribution in [0.4, 0.5) is 5.69 Å². The van der Waals surface area contributed by atoms with E-state index in [1.54, 1.807) is 6.07 Å². The number of phenols is 1. The van der Waals surface area contributed by atoms with Crippen molar-refractivity contribution in [2.75, 3.05) is 11.9 Å². The van der Waals surface area contributed by atoms with Gasteiger partial charge < -0.3 is 10.0 Å². The number of fused-ring (bicyclic) bond motifs is 1. The number of rotatable bonds is 0. The van der Waals surface area contributed by atoms with Crippen molar-refractivity contribution >= 4 is 5.69 Å². The lowest BCUT2D eigenvalue weighted by atomic mass is 9.80. The maximum atomic E-state index is 9.54. The molecule has 1 atom stereocenters.